The Bertz CT molecular complexity index is 388. The lowest BCUT2D eigenvalue weighted by atomic mass is 10.1. The van der Waals surface area contributed by atoms with Gasteiger partial charge in [0.05, 0.1) is 13.2 Å². The Morgan fingerprint density at radius 1 is 1.32 bits per heavy atom. The van der Waals surface area contributed by atoms with Gasteiger partial charge in [0.2, 0.25) is 5.91 Å². The van der Waals surface area contributed by atoms with E-state index in [4.69, 9.17) is 5.11 Å². The maximum atomic E-state index is 11.8. The Hall–Kier alpha value is -1.39. The van der Waals surface area contributed by atoms with Gasteiger partial charge in [0.1, 0.15) is 0 Å². The summed E-state index contributed by atoms with van der Waals surface area (Å²) in [7, 11) is 0. The van der Waals surface area contributed by atoms with Crippen molar-refractivity contribution in [3.05, 3.63) is 35.4 Å². The molecule has 0 fully saturated rings. The van der Waals surface area contributed by atoms with Crippen LogP contribution >= 0.6 is 0 Å². The molecule has 0 aliphatic rings. The molecule has 0 aliphatic heterocycles. The highest BCUT2D eigenvalue weighted by molar-refractivity contribution is 5.78. The van der Waals surface area contributed by atoms with E-state index in [2.05, 4.69) is 5.32 Å². The van der Waals surface area contributed by atoms with E-state index in [1.165, 1.54) is 5.56 Å². The third kappa shape index (κ3) is 5.85. The van der Waals surface area contributed by atoms with Crippen LogP contribution in [0.15, 0.2) is 24.3 Å². The maximum Gasteiger partial charge on any atom is 0.234 e. The molecule has 4 nitrogen and oxygen atoms in total. The summed E-state index contributed by atoms with van der Waals surface area (Å²) in [6, 6.07) is 8.35. The number of aliphatic hydroxyl groups is 1. The summed E-state index contributed by atoms with van der Waals surface area (Å²) in [6.45, 7) is 7.54. The molecule has 0 spiro atoms. The van der Waals surface area contributed by atoms with Crippen LogP contribution in [0.4, 0.5) is 0 Å². The minimum atomic E-state index is -0.0114. The molecular formula is C15H24N2O2. The van der Waals surface area contributed by atoms with Gasteiger partial charge in [0.15, 0.2) is 0 Å². The van der Waals surface area contributed by atoms with Crippen molar-refractivity contribution in [2.45, 2.75) is 33.4 Å². The smallest absolute Gasteiger partial charge is 0.234 e. The van der Waals surface area contributed by atoms with E-state index in [9.17, 15) is 4.79 Å². The lowest BCUT2D eigenvalue weighted by molar-refractivity contribution is -0.122. The SMILES string of the molecule is Cc1ccc(CNC(=O)CN(CCO)C(C)C)cc1. The molecule has 0 unspecified atom stereocenters. The normalized spacial score (nSPS) is 11.1. The summed E-state index contributed by atoms with van der Waals surface area (Å²) in [4.78, 5) is 13.8. The van der Waals surface area contributed by atoms with Crippen LogP contribution in [-0.2, 0) is 11.3 Å². The summed E-state index contributed by atoms with van der Waals surface area (Å²) in [5.74, 6) is -0.0114. The number of amides is 1. The number of aliphatic hydroxyl groups excluding tert-OH is 1. The summed E-state index contributed by atoms with van der Waals surface area (Å²) < 4.78 is 0. The Kier molecular flexibility index (Phi) is 6.53. The number of benzene rings is 1. The van der Waals surface area contributed by atoms with Gasteiger partial charge in [-0.2, -0.15) is 0 Å². The van der Waals surface area contributed by atoms with E-state index >= 15 is 0 Å². The van der Waals surface area contributed by atoms with Crippen LogP contribution in [0.3, 0.4) is 0 Å². The van der Waals surface area contributed by atoms with Gasteiger partial charge in [0, 0.05) is 19.1 Å². The van der Waals surface area contributed by atoms with Crippen molar-refractivity contribution in [2.24, 2.45) is 0 Å². The molecule has 0 atom stereocenters. The number of aryl methyl sites for hydroxylation is 1. The molecule has 1 amide bonds. The van der Waals surface area contributed by atoms with Gasteiger partial charge in [0.25, 0.3) is 0 Å². The molecule has 0 heterocycles. The molecule has 106 valence electrons. The zero-order valence-corrected chi connectivity index (χ0v) is 12.0. The Morgan fingerprint density at radius 2 is 1.95 bits per heavy atom. The maximum absolute atomic E-state index is 11.8. The molecule has 1 aromatic rings. The number of nitrogens with zero attached hydrogens (tertiary/aromatic N) is 1. The number of carbonyl (C=O) groups is 1. The van der Waals surface area contributed by atoms with Gasteiger partial charge in [-0.15, -0.1) is 0 Å². The molecule has 0 radical (unpaired) electrons. The lowest BCUT2D eigenvalue weighted by Crippen LogP contribution is -2.41. The van der Waals surface area contributed by atoms with Gasteiger partial charge in [-0.05, 0) is 26.3 Å². The molecule has 1 rings (SSSR count). The monoisotopic (exact) mass is 264 g/mol. The molecule has 2 N–H and O–H groups in total. The average molecular weight is 264 g/mol. The largest absolute Gasteiger partial charge is 0.395 e. The molecule has 19 heavy (non-hydrogen) atoms. The second-order valence-corrected chi connectivity index (χ2v) is 5.05. The van der Waals surface area contributed by atoms with Crippen LogP contribution in [0, 0.1) is 6.92 Å². The fourth-order valence-electron chi connectivity index (χ4n) is 1.80. The quantitative estimate of drug-likeness (QED) is 0.781. The Labute approximate surface area is 115 Å². The molecule has 4 heteroatoms. The van der Waals surface area contributed by atoms with Gasteiger partial charge in [-0.1, -0.05) is 29.8 Å². The highest BCUT2D eigenvalue weighted by Crippen LogP contribution is 2.02. The van der Waals surface area contributed by atoms with Crippen LogP contribution in [0.1, 0.15) is 25.0 Å². The number of rotatable bonds is 7. The van der Waals surface area contributed by atoms with Crippen molar-refractivity contribution in [2.75, 3.05) is 19.7 Å². The molecule has 0 saturated carbocycles. The highest BCUT2D eigenvalue weighted by Gasteiger charge is 2.12. The number of hydrogen-bond acceptors (Lipinski definition) is 3. The zero-order chi connectivity index (χ0) is 14.3. The predicted molar refractivity (Wildman–Crippen MR) is 76.8 cm³/mol. The molecule has 0 aliphatic carbocycles. The van der Waals surface area contributed by atoms with E-state index in [1.807, 2.05) is 49.9 Å². The van der Waals surface area contributed by atoms with Crippen molar-refractivity contribution < 1.29 is 9.90 Å². The third-order valence-electron chi connectivity index (χ3n) is 3.07. The molecule has 0 bridgehead atoms. The lowest BCUT2D eigenvalue weighted by Gasteiger charge is -2.24. The van der Waals surface area contributed by atoms with E-state index in [1.54, 1.807) is 0 Å². The fraction of sp³-hybridized carbons (Fsp3) is 0.533. The van der Waals surface area contributed by atoms with E-state index in [0.29, 0.717) is 19.6 Å². The standard InChI is InChI=1S/C15H24N2O2/c1-12(2)17(8-9-18)11-15(19)16-10-14-6-4-13(3)5-7-14/h4-7,12,18H,8-11H2,1-3H3,(H,16,19). The Balaban J connectivity index is 2.40. The van der Waals surface area contributed by atoms with Crippen LogP contribution in [0.5, 0.6) is 0 Å². The first-order valence-electron chi connectivity index (χ1n) is 6.70. The van der Waals surface area contributed by atoms with Gasteiger partial charge in [-0.25, -0.2) is 0 Å². The first-order valence-corrected chi connectivity index (χ1v) is 6.70. The predicted octanol–water partition coefficient (Wildman–Crippen LogP) is 1.31. The van der Waals surface area contributed by atoms with E-state index < -0.39 is 0 Å². The van der Waals surface area contributed by atoms with E-state index in [0.717, 1.165) is 5.56 Å². The van der Waals surface area contributed by atoms with Crippen molar-refractivity contribution >= 4 is 5.91 Å². The van der Waals surface area contributed by atoms with Crippen LogP contribution < -0.4 is 5.32 Å². The first kappa shape index (κ1) is 15.7. The van der Waals surface area contributed by atoms with Gasteiger partial charge in [-0.3, -0.25) is 9.69 Å². The van der Waals surface area contributed by atoms with Crippen molar-refractivity contribution in [3.63, 3.8) is 0 Å². The molecule has 0 saturated heterocycles. The number of hydrogen-bond donors (Lipinski definition) is 2. The molecule has 0 aromatic heterocycles. The van der Waals surface area contributed by atoms with Crippen LogP contribution in [-0.4, -0.2) is 41.7 Å². The van der Waals surface area contributed by atoms with E-state index in [-0.39, 0.29) is 18.6 Å². The van der Waals surface area contributed by atoms with Crippen molar-refractivity contribution in [1.29, 1.82) is 0 Å². The minimum absolute atomic E-state index is 0.0114. The summed E-state index contributed by atoms with van der Waals surface area (Å²) in [6.07, 6.45) is 0. The molecule has 1 aromatic carbocycles. The first-order chi connectivity index (χ1) is 9.02. The van der Waals surface area contributed by atoms with Crippen LogP contribution in [0.25, 0.3) is 0 Å². The molecular weight excluding hydrogens is 240 g/mol. The second kappa shape index (κ2) is 7.92. The second-order valence-electron chi connectivity index (χ2n) is 5.05. The van der Waals surface area contributed by atoms with Crippen LogP contribution in [0.2, 0.25) is 0 Å². The average Bonchev–Trinajstić information content (AvgIpc) is 2.37. The summed E-state index contributed by atoms with van der Waals surface area (Å²) >= 11 is 0. The third-order valence-corrected chi connectivity index (χ3v) is 3.07. The fourth-order valence-corrected chi connectivity index (χ4v) is 1.80. The van der Waals surface area contributed by atoms with Crippen molar-refractivity contribution in [3.8, 4) is 0 Å². The highest BCUT2D eigenvalue weighted by atomic mass is 16.3. The number of nitrogens with one attached hydrogen (secondary N) is 1. The summed E-state index contributed by atoms with van der Waals surface area (Å²) in [5.41, 5.74) is 2.31. The van der Waals surface area contributed by atoms with Gasteiger partial charge < -0.3 is 10.4 Å². The number of carbonyl (C=O) groups excluding carboxylic acids is 1. The summed E-state index contributed by atoms with van der Waals surface area (Å²) in [5, 5.41) is 11.9. The Morgan fingerprint density at radius 3 is 2.47 bits per heavy atom. The zero-order valence-electron chi connectivity index (χ0n) is 12.0. The van der Waals surface area contributed by atoms with Crippen molar-refractivity contribution in [1.82, 2.24) is 10.2 Å². The van der Waals surface area contributed by atoms with Gasteiger partial charge >= 0.3 is 0 Å². The minimum Gasteiger partial charge on any atom is -0.395 e. The topological polar surface area (TPSA) is 52.6 Å².